The lowest BCUT2D eigenvalue weighted by atomic mass is 10.0. The number of carbonyl (C=O) groups is 1. The second-order valence-corrected chi connectivity index (χ2v) is 5.16. The molecule has 2 aliphatic heterocycles. The van der Waals surface area contributed by atoms with Gasteiger partial charge in [-0.2, -0.15) is 0 Å². The van der Waals surface area contributed by atoms with Crippen LogP contribution in [0.15, 0.2) is 12.1 Å². The van der Waals surface area contributed by atoms with Gasteiger partial charge in [-0.3, -0.25) is 4.79 Å². The van der Waals surface area contributed by atoms with E-state index in [1.165, 1.54) is 0 Å². The van der Waals surface area contributed by atoms with Gasteiger partial charge in [0.05, 0.1) is 5.56 Å². The van der Waals surface area contributed by atoms with Gasteiger partial charge in [0.1, 0.15) is 5.82 Å². The highest BCUT2D eigenvalue weighted by Crippen LogP contribution is 2.32. The van der Waals surface area contributed by atoms with Crippen molar-refractivity contribution in [2.45, 2.75) is 19.4 Å². The minimum atomic E-state index is -0.396. The molecular formula is C13H18N4O. The lowest BCUT2D eigenvalue weighted by Gasteiger charge is -2.26. The first-order valence-electron chi connectivity index (χ1n) is 6.41. The molecule has 1 amide bonds. The fourth-order valence-electron chi connectivity index (χ4n) is 3.07. The number of hydrogen-bond donors (Lipinski definition) is 2. The Morgan fingerprint density at radius 3 is 3.11 bits per heavy atom. The lowest BCUT2D eigenvalue weighted by Crippen LogP contribution is -2.36. The van der Waals surface area contributed by atoms with Crippen molar-refractivity contribution in [3.8, 4) is 0 Å². The number of anilines is 1. The minimum absolute atomic E-state index is 0.396. The van der Waals surface area contributed by atoms with Gasteiger partial charge in [0.2, 0.25) is 0 Å². The van der Waals surface area contributed by atoms with Gasteiger partial charge in [0.15, 0.2) is 0 Å². The third-order valence-electron chi connectivity index (χ3n) is 4.00. The van der Waals surface area contributed by atoms with Crippen LogP contribution in [0.4, 0.5) is 5.82 Å². The number of pyridine rings is 1. The molecule has 5 nitrogen and oxygen atoms in total. The highest BCUT2D eigenvalue weighted by molar-refractivity contribution is 5.97. The molecule has 2 aliphatic rings. The van der Waals surface area contributed by atoms with Gasteiger partial charge in [-0.15, -0.1) is 0 Å². The maximum Gasteiger partial charge on any atom is 0.252 e. The molecule has 96 valence electrons. The molecule has 1 aromatic rings. The van der Waals surface area contributed by atoms with Crippen LogP contribution >= 0.6 is 0 Å². The standard InChI is InChI=1S/C13H18N4O/c1-8-2-3-10(12(14)18)13(16-8)17-5-4-9-6-15-7-11(9)17/h2-3,9,11,15H,4-7H2,1H3,(H2,14,18)/t9-,11+/m0/s1. The molecule has 0 aliphatic carbocycles. The Labute approximate surface area is 106 Å². The number of amides is 1. The van der Waals surface area contributed by atoms with Crippen molar-refractivity contribution in [3.05, 3.63) is 23.4 Å². The monoisotopic (exact) mass is 246 g/mol. The highest BCUT2D eigenvalue weighted by Gasteiger charge is 2.39. The van der Waals surface area contributed by atoms with Gasteiger partial charge in [-0.1, -0.05) is 0 Å². The van der Waals surface area contributed by atoms with Crippen LogP contribution in [0.1, 0.15) is 22.5 Å². The van der Waals surface area contributed by atoms with E-state index in [0.717, 1.165) is 37.6 Å². The minimum Gasteiger partial charge on any atom is -0.365 e. The number of aromatic nitrogens is 1. The molecule has 2 atom stereocenters. The maximum atomic E-state index is 11.5. The Bertz CT molecular complexity index is 488. The fraction of sp³-hybridized carbons (Fsp3) is 0.538. The van der Waals surface area contributed by atoms with E-state index >= 15 is 0 Å². The first-order chi connectivity index (χ1) is 8.66. The molecule has 1 aromatic heterocycles. The van der Waals surface area contributed by atoms with Gasteiger partial charge in [-0.25, -0.2) is 4.98 Å². The molecule has 18 heavy (non-hydrogen) atoms. The number of fused-ring (bicyclic) bond motifs is 1. The van der Waals surface area contributed by atoms with Crippen LogP contribution in [-0.2, 0) is 0 Å². The summed E-state index contributed by atoms with van der Waals surface area (Å²) in [6, 6.07) is 4.08. The van der Waals surface area contributed by atoms with Crippen molar-refractivity contribution in [2.75, 3.05) is 24.5 Å². The van der Waals surface area contributed by atoms with E-state index in [-0.39, 0.29) is 0 Å². The van der Waals surface area contributed by atoms with Crippen LogP contribution in [0.3, 0.4) is 0 Å². The molecule has 5 heteroatoms. The number of nitrogens with zero attached hydrogens (tertiary/aromatic N) is 2. The van der Waals surface area contributed by atoms with Crippen LogP contribution in [0.25, 0.3) is 0 Å². The van der Waals surface area contributed by atoms with Gasteiger partial charge in [-0.05, 0) is 31.4 Å². The first kappa shape index (κ1) is 11.5. The summed E-state index contributed by atoms with van der Waals surface area (Å²) in [6.07, 6.45) is 1.16. The Morgan fingerprint density at radius 1 is 1.50 bits per heavy atom. The summed E-state index contributed by atoms with van der Waals surface area (Å²) in [5.41, 5.74) is 6.90. The highest BCUT2D eigenvalue weighted by atomic mass is 16.1. The zero-order valence-electron chi connectivity index (χ0n) is 10.5. The van der Waals surface area contributed by atoms with E-state index in [9.17, 15) is 4.79 Å². The molecule has 3 heterocycles. The molecule has 2 fully saturated rings. The molecular weight excluding hydrogens is 228 g/mol. The molecule has 2 saturated heterocycles. The van der Waals surface area contributed by atoms with Crippen LogP contribution in [0, 0.1) is 12.8 Å². The second kappa shape index (κ2) is 4.24. The number of nitrogens with two attached hydrogens (primary N) is 1. The summed E-state index contributed by atoms with van der Waals surface area (Å²) in [7, 11) is 0. The van der Waals surface area contributed by atoms with Crippen LogP contribution in [-0.4, -0.2) is 36.6 Å². The number of hydrogen-bond acceptors (Lipinski definition) is 4. The predicted octanol–water partition coefficient (Wildman–Crippen LogP) is 0.287. The quantitative estimate of drug-likeness (QED) is 0.786. The molecule has 3 N–H and O–H groups in total. The van der Waals surface area contributed by atoms with Gasteiger partial charge >= 0.3 is 0 Å². The largest absolute Gasteiger partial charge is 0.365 e. The first-order valence-corrected chi connectivity index (χ1v) is 6.41. The average molecular weight is 246 g/mol. The summed E-state index contributed by atoms with van der Waals surface area (Å²) < 4.78 is 0. The Morgan fingerprint density at radius 2 is 2.33 bits per heavy atom. The zero-order valence-corrected chi connectivity index (χ0v) is 10.5. The molecule has 0 aromatic carbocycles. The van der Waals surface area contributed by atoms with Crippen LogP contribution < -0.4 is 16.0 Å². The van der Waals surface area contributed by atoms with Crippen molar-refractivity contribution in [3.63, 3.8) is 0 Å². The second-order valence-electron chi connectivity index (χ2n) is 5.16. The number of primary amides is 1. The van der Waals surface area contributed by atoms with E-state index in [0.29, 0.717) is 17.5 Å². The molecule has 3 rings (SSSR count). The van der Waals surface area contributed by atoms with E-state index < -0.39 is 5.91 Å². The van der Waals surface area contributed by atoms with Crippen molar-refractivity contribution in [2.24, 2.45) is 11.7 Å². The topological polar surface area (TPSA) is 71.2 Å². The van der Waals surface area contributed by atoms with Crippen molar-refractivity contribution >= 4 is 11.7 Å². The SMILES string of the molecule is Cc1ccc(C(N)=O)c(N2CC[C@H]3CNC[C@H]32)n1. The molecule has 0 unspecified atom stereocenters. The van der Waals surface area contributed by atoms with Crippen LogP contribution in [0.2, 0.25) is 0 Å². The lowest BCUT2D eigenvalue weighted by molar-refractivity contribution is 0.100. The molecule has 0 spiro atoms. The number of carbonyl (C=O) groups excluding carboxylic acids is 1. The predicted molar refractivity (Wildman–Crippen MR) is 69.6 cm³/mol. The van der Waals surface area contributed by atoms with Crippen molar-refractivity contribution in [1.82, 2.24) is 10.3 Å². The zero-order chi connectivity index (χ0) is 12.7. The van der Waals surface area contributed by atoms with Gasteiger partial charge in [0, 0.05) is 31.4 Å². The summed E-state index contributed by atoms with van der Waals surface area (Å²) >= 11 is 0. The Balaban J connectivity index is 2.00. The average Bonchev–Trinajstić information content (AvgIpc) is 2.89. The van der Waals surface area contributed by atoms with Crippen molar-refractivity contribution in [1.29, 1.82) is 0 Å². The smallest absolute Gasteiger partial charge is 0.252 e. The summed E-state index contributed by atoms with van der Waals surface area (Å²) in [4.78, 5) is 18.3. The third kappa shape index (κ3) is 1.75. The van der Waals surface area contributed by atoms with E-state index in [4.69, 9.17) is 5.73 Å². The van der Waals surface area contributed by atoms with Crippen molar-refractivity contribution < 1.29 is 4.79 Å². The summed E-state index contributed by atoms with van der Waals surface area (Å²) in [6.45, 7) is 4.94. The van der Waals surface area contributed by atoms with Gasteiger partial charge in [0.25, 0.3) is 5.91 Å². The molecule has 0 saturated carbocycles. The summed E-state index contributed by atoms with van der Waals surface area (Å²) in [5.74, 6) is 1.04. The molecule has 0 radical (unpaired) electrons. The third-order valence-corrected chi connectivity index (χ3v) is 4.00. The van der Waals surface area contributed by atoms with E-state index in [1.54, 1.807) is 6.07 Å². The van der Waals surface area contributed by atoms with E-state index in [2.05, 4.69) is 15.2 Å². The maximum absolute atomic E-state index is 11.5. The number of nitrogens with one attached hydrogen (secondary N) is 1. The molecule has 0 bridgehead atoms. The Hall–Kier alpha value is -1.62. The van der Waals surface area contributed by atoms with E-state index in [1.807, 2.05) is 13.0 Å². The van der Waals surface area contributed by atoms with Gasteiger partial charge < -0.3 is 16.0 Å². The number of aryl methyl sites for hydroxylation is 1. The van der Waals surface area contributed by atoms with Crippen LogP contribution in [0.5, 0.6) is 0 Å². The Kier molecular flexibility index (Phi) is 2.70. The normalized spacial score (nSPS) is 26.4. The summed E-state index contributed by atoms with van der Waals surface area (Å²) in [5, 5.41) is 3.40. The number of rotatable bonds is 2. The fourth-order valence-corrected chi connectivity index (χ4v) is 3.07.